The number of hydrogen-bond acceptors (Lipinski definition) is 4. The molecule has 0 radical (unpaired) electrons. The molecule has 6 heteroatoms. The molecule has 1 N–H and O–H groups in total. The summed E-state index contributed by atoms with van der Waals surface area (Å²) in [7, 11) is 0. The Morgan fingerprint density at radius 2 is 1.92 bits per heavy atom. The molecule has 5 nitrogen and oxygen atoms in total. The maximum absolute atomic E-state index is 12.6. The summed E-state index contributed by atoms with van der Waals surface area (Å²) in [6, 6.07) is 14.5. The molecule has 0 spiro atoms. The lowest BCUT2D eigenvalue weighted by Crippen LogP contribution is -2.48. The highest BCUT2D eigenvalue weighted by Gasteiger charge is 2.27. The Kier molecular flexibility index (Phi) is 6.01. The third-order valence-corrected chi connectivity index (χ3v) is 4.80. The second-order valence-corrected chi connectivity index (χ2v) is 6.64. The van der Waals surface area contributed by atoms with Gasteiger partial charge in [-0.1, -0.05) is 42.8 Å². The number of nitrogens with zero attached hydrogens (tertiary/aromatic N) is 1. The van der Waals surface area contributed by atoms with Crippen molar-refractivity contribution in [1.29, 1.82) is 0 Å². The number of anilines is 1. The fourth-order valence-corrected chi connectivity index (χ4v) is 3.12. The average molecular weight is 375 g/mol. The molecule has 3 rings (SSSR count). The van der Waals surface area contributed by atoms with Gasteiger partial charge in [-0.2, -0.15) is 0 Å². The smallest absolute Gasteiger partial charge is 0.241 e. The number of benzene rings is 2. The van der Waals surface area contributed by atoms with Crippen LogP contribution in [0.2, 0.25) is 5.02 Å². The standard InChI is InChI=1S/C20H23ClN2O3/c1-3-23(12-15-13-25-18-10-6-7-11-19(18)26-15)14(2)20(24)22-17-9-5-4-8-16(17)21/h4-11,14-15H,3,12-13H2,1-2H3,(H,22,24). The Morgan fingerprint density at radius 1 is 1.23 bits per heavy atom. The number of para-hydroxylation sites is 3. The number of hydrogen-bond donors (Lipinski definition) is 1. The van der Waals surface area contributed by atoms with Gasteiger partial charge in [0.15, 0.2) is 11.5 Å². The number of nitrogens with one attached hydrogen (secondary N) is 1. The first-order chi connectivity index (χ1) is 12.6. The van der Waals surface area contributed by atoms with E-state index in [0.29, 0.717) is 23.9 Å². The summed E-state index contributed by atoms with van der Waals surface area (Å²) in [5.74, 6) is 1.40. The van der Waals surface area contributed by atoms with E-state index in [1.165, 1.54) is 0 Å². The Morgan fingerprint density at radius 3 is 2.65 bits per heavy atom. The van der Waals surface area contributed by atoms with Crippen LogP contribution >= 0.6 is 11.6 Å². The molecule has 1 aliphatic rings. The average Bonchev–Trinajstić information content (AvgIpc) is 2.67. The molecule has 0 bridgehead atoms. The first-order valence-electron chi connectivity index (χ1n) is 8.76. The largest absolute Gasteiger partial charge is 0.486 e. The number of halogens is 1. The predicted molar refractivity (Wildman–Crippen MR) is 103 cm³/mol. The number of carbonyl (C=O) groups excluding carboxylic acids is 1. The predicted octanol–water partition coefficient (Wildman–Crippen LogP) is 3.83. The minimum Gasteiger partial charge on any atom is -0.486 e. The van der Waals surface area contributed by atoms with Crippen molar-refractivity contribution < 1.29 is 14.3 Å². The molecule has 2 unspecified atom stereocenters. The molecule has 2 aromatic rings. The zero-order valence-electron chi connectivity index (χ0n) is 14.9. The van der Waals surface area contributed by atoms with Crippen molar-refractivity contribution in [2.75, 3.05) is 25.0 Å². The van der Waals surface area contributed by atoms with E-state index < -0.39 is 0 Å². The zero-order valence-corrected chi connectivity index (χ0v) is 15.7. The van der Waals surface area contributed by atoms with Crippen LogP contribution < -0.4 is 14.8 Å². The van der Waals surface area contributed by atoms with E-state index in [1.807, 2.05) is 50.2 Å². The fourth-order valence-electron chi connectivity index (χ4n) is 2.94. The van der Waals surface area contributed by atoms with Crippen molar-refractivity contribution >= 4 is 23.2 Å². The van der Waals surface area contributed by atoms with Crippen LogP contribution in [0.3, 0.4) is 0 Å². The molecule has 2 atom stereocenters. The number of carbonyl (C=O) groups is 1. The monoisotopic (exact) mass is 374 g/mol. The van der Waals surface area contributed by atoms with Crippen LogP contribution in [0.25, 0.3) is 0 Å². The van der Waals surface area contributed by atoms with E-state index in [9.17, 15) is 4.79 Å². The van der Waals surface area contributed by atoms with E-state index in [2.05, 4.69) is 10.2 Å². The van der Waals surface area contributed by atoms with Gasteiger partial charge in [0.05, 0.1) is 16.8 Å². The fraction of sp³-hybridized carbons (Fsp3) is 0.350. The summed E-state index contributed by atoms with van der Waals surface area (Å²) in [4.78, 5) is 14.7. The molecule has 0 saturated carbocycles. The molecule has 1 amide bonds. The summed E-state index contributed by atoms with van der Waals surface area (Å²) in [6.07, 6.45) is -0.125. The van der Waals surface area contributed by atoms with Gasteiger partial charge in [0, 0.05) is 6.54 Å². The summed E-state index contributed by atoms with van der Waals surface area (Å²) in [5, 5.41) is 3.42. The second-order valence-electron chi connectivity index (χ2n) is 6.23. The Balaban J connectivity index is 1.61. The molecule has 0 aromatic heterocycles. The molecule has 1 heterocycles. The first-order valence-corrected chi connectivity index (χ1v) is 9.14. The number of fused-ring (bicyclic) bond motifs is 1. The van der Waals surface area contributed by atoms with Gasteiger partial charge in [0.1, 0.15) is 12.7 Å². The number of likely N-dealkylation sites (N-methyl/N-ethyl adjacent to an activating group) is 1. The van der Waals surface area contributed by atoms with Crippen molar-refractivity contribution in [3.8, 4) is 11.5 Å². The van der Waals surface area contributed by atoms with Crippen molar-refractivity contribution in [3.05, 3.63) is 53.6 Å². The molecule has 2 aromatic carbocycles. The van der Waals surface area contributed by atoms with Crippen LogP contribution in [0.15, 0.2) is 48.5 Å². The third-order valence-electron chi connectivity index (χ3n) is 4.47. The van der Waals surface area contributed by atoms with Gasteiger partial charge in [-0.15, -0.1) is 0 Å². The highest BCUT2D eigenvalue weighted by atomic mass is 35.5. The lowest BCUT2D eigenvalue weighted by Gasteiger charge is -2.33. The molecule has 0 saturated heterocycles. The summed E-state index contributed by atoms with van der Waals surface area (Å²) in [5.41, 5.74) is 0.619. The first kappa shape index (κ1) is 18.5. The van der Waals surface area contributed by atoms with E-state index in [4.69, 9.17) is 21.1 Å². The van der Waals surface area contributed by atoms with E-state index in [0.717, 1.165) is 18.0 Å². The van der Waals surface area contributed by atoms with E-state index in [-0.39, 0.29) is 18.1 Å². The molecular weight excluding hydrogens is 352 g/mol. The lowest BCUT2D eigenvalue weighted by molar-refractivity contribution is -0.121. The highest BCUT2D eigenvalue weighted by Crippen LogP contribution is 2.31. The Bertz CT molecular complexity index is 768. The van der Waals surface area contributed by atoms with Gasteiger partial charge in [-0.25, -0.2) is 0 Å². The molecule has 26 heavy (non-hydrogen) atoms. The third kappa shape index (κ3) is 4.29. The van der Waals surface area contributed by atoms with Crippen LogP contribution in [-0.4, -0.2) is 42.6 Å². The van der Waals surface area contributed by atoms with Gasteiger partial charge in [-0.05, 0) is 37.7 Å². The lowest BCUT2D eigenvalue weighted by atomic mass is 10.2. The van der Waals surface area contributed by atoms with Crippen LogP contribution in [0.1, 0.15) is 13.8 Å². The normalized spacial score (nSPS) is 17.0. The minimum atomic E-state index is -0.322. The summed E-state index contributed by atoms with van der Waals surface area (Å²) >= 11 is 6.13. The van der Waals surface area contributed by atoms with Gasteiger partial charge in [-0.3, -0.25) is 9.69 Å². The van der Waals surface area contributed by atoms with Crippen LogP contribution in [0.5, 0.6) is 11.5 Å². The van der Waals surface area contributed by atoms with Gasteiger partial charge in [0.2, 0.25) is 5.91 Å². The maximum Gasteiger partial charge on any atom is 0.241 e. The van der Waals surface area contributed by atoms with Crippen molar-refractivity contribution in [2.24, 2.45) is 0 Å². The van der Waals surface area contributed by atoms with Crippen LogP contribution in [0, 0.1) is 0 Å². The molecule has 0 fully saturated rings. The van der Waals surface area contributed by atoms with E-state index in [1.54, 1.807) is 12.1 Å². The SMILES string of the molecule is CCN(CC1COc2ccccc2O1)C(C)C(=O)Nc1ccccc1Cl. The maximum atomic E-state index is 12.6. The van der Waals surface area contributed by atoms with Gasteiger partial charge < -0.3 is 14.8 Å². The molecular formula is C20H23ClN2O3. The Labute approximate surface area is 158 Å². The zero-order chi connectivity index (χ0) is 18.5. The molecule has 0 aliphatic carbocycles. The van der Waals surface area contributed by atoms with Gasteiger partial charge in [0.25, 0.3) is 0 Å². The van der Waals surface area contributed by atoms with Crippen LogP contribution in [-0.2, 0) is 4.79 Å². The van der Waals surface area contributed by atoms with Crippen LogP contribution in [0.4, 0.5) is 5.69 Å². The minimum absolute atomic E-state index is 0.0999. The number of amides is 1. The molecule has 1 aliphatic heterocycles. The topological polar surface area (TPSA) is 50.8 Å². The van der Waals surface area contributed by atoms with E-state index >= 15 is 0 Å². The summed E-state index contributed by atoms with van der Waals surface area (Å²) < 4.78 is 11.8. The van der Waals surface area contributed by atoms with Crippen molar-refractivity contribution in [2.45, 2.75) is 26.0 Å². The van der Waals surface area contributed by atoms with Gasteiger partial charge >= 0.3 is 0 Å². The quantitative estimate of drug-likeness (QED) is 0.834. The Hall–Kier alpha value is -2.24. The second kappa shape index (κ2) is 8.43. The van der Waals surface area contributed by atoms with Crippen molar-refractivity contribution in [3.63, 3.8) is 0 Å². The molecule has 138 valence electrons. The number of ether oxygens (including phenoxy) is 2. The highest BCUT2D eigenvalue weighted by molar-refractivity contribution is 6.33. The van der Waals surface area contributed by atoms with Crippen molar-refractivity contribution in [1.82, 2.24) is 4.90 Å². The summed E-state index contributed by atoms with van der Waals surface area (Å²) in [6.45, 7) is 5.69. The number of rotatable bonds is 6.